The fourth-order valence-electron chi connectivity index (χ4n) is 0.910. The summed E-state index contributed by atoms with van der Waals surface area (Å²) in [5.41, 5.74) is 5.19. The second-order valence-electron chi connectivity index (χ2n) is 3.65. The van der Waals surface area contributed by atoms with Gasteiger partial charge >= 0.3 is 16.3 Å². The van der Waals surface area contributed by atoms with Gasteiger partial charge in [-0.25, -0.2) is 9.52 Å². The third-order valence-corrected chi connectivity index (χ3v) is 2.61. The molecule has 1 amide bonds. The first-order valence-electron chi connectivity index (χ1n) is 5.21. The Morgan fingerprint density at radius 1 is 1.50 bits per heavy atom. The van der Waals surface area contributed by atoms with Crippen molar-refractivity contribution in [1.29, 1.82) is 0 Å². The molecule has 0 heterocycles. The molecule has 0 rings (SSSR count). The molecule has 0 bridgehead atoms. The molecule has 0 radical (unpaired) electrons. The molecule has 0 unspecified atom stereocenters. The number of amidine groups is 1. The maximum absolute atomic E-state index is 11.3. The van der Waals surface area contributed by atoms with Gasteiger partial charge in [-0.05, 0) is 20.3 Å². The lowest BCUT2D eigenvalue weighted by Gasteiger charge is -2.10. The highest BCUT2D eigenvalue weighted by molar-refractivity contribution is 7.88. The van der Waals surface area contributed by atoms with Crippen molar-refractivity contribution in [2.24, 2.45) is 10.9 Å². The number of rotatable bonds is 7. The van der Waals surface area contributed by atoms with Gasteiger partial charge in [0.25, 0.3) is 0 Å². The standard InChI is InChI=1S/C8H18N4O5S/c1-6(2)17-8(13)12-18(15,16)10-5-3-4-7(9)11-14/h6,10,14H,3-5H2,1-2H3,(H2,9,11)(H,12,13). The van der Waals surface area contributed by atoms with Crippen LogP contribution in [0.5, 0.6) is 0 Å². The number of hydrogen-bond donors (Lipinski definition) is 4. The lowest BCUT2D eigenvalue weighted by molar-refractivity contribution is 0.121. The molecule has 0 atom stereocenters. The highest BCUT2D eigenvalue weighted by Gasteiger charge is 2.15. The van der Waals surface area contributed by atoms with Crippen LogP contribution in [0.25, 0.3) is 0 Å². The lowest BCUT2D eigenvalue weighted by atomic mass is 10.3. The zero-order valence-electron chi connectivity index (χ0n) is 10.2. The maximum Gasteiger partial charge on any atom is 0.422 e. The molecule has 106 valence electrons. The maximum atomic E-state index is 11.3. The Balaban J connectivity index is 3.98. The van der Waals surface area contributed by atoms with E-state index in [1.165, 1.54) is 0 Å². The Morgan fingerprint density at radius 2 is 2.11 bits per heavy atom. The van der Waals surface area contributed by atoms with Crippen LogP contribution in [0.2, 0.25) is 0 Å². The third kappa shape index (κ3) is 8.58. The van der Waals surface area contributed by atoms with E-state index in [2.05, 4.69) is 14.6 Å². The van der Waals surface area contributed by atoms with E-state index in [9.17, 15) is 13.2 Å². The second kappa shape index (κ2) is 7.71. The summed E-state index contributed by atoms with van der Waals surface area (Å²) in [6.07, 6.45) is -0.902. The van der Waals surface area contributed by atoms with E-state index in [1.54, 1.807) is 18.6 Å². The van der Waals surface area contributed by atoms with Gasteiger partial charge in [-0.3, -0.25) is 0 Å². The van der Waals surface area contributed by atoms with Gasteiger partial charge in [-0.15, -0.1) is 0 Å². The third-order valence-electron chi connectivity index (χ3n) is 1.59. The van der Waals surface area contributed by atoms with Crippen molar-refractivity contribution in [3.8, 4) is 0 Å². The van der Waals surface area contributed by atoms with E-state index in [1.807, 2.05) is 0 Å². The average Bonchev–Trinajstić information content (AvgIpc) is 2.21. The fraction of sp³-hybridized carbons (Fsp3) is 0.750. The SMILES string of the molecule is CC(C)OC(=O)NS(=O)(=O)NCCCC(N)=NO. The minimum Gasteiger partial charge on any atom is -0.446 e. The Kier molecular flexibility index (Phi) is 7.05. The second-order valence-corrected chi connectivity index (χ2v) is 5.15. The number of carbonyl (C=O) groups excluding carboxylic acids is 1. The van der Waals surface area contributed by atoms with Gasteiger partial charge in [-0.2, -0.15) is 13.1 Å². The molecule has 0 fully saturated rings. The first kappa shape index (κ1) is 16.4. The van der Waals surface area contributed by atoms with Crippen LogP contribution < -0.4 is 15.2 Å². The molecule has 0 aliphatic rings. The molecule has 0 aromatic rings. The molecule has 0 saturated carbocycles. The number of hydrogen-bond acceptors (Lipinski definition) is 6. The number of oxime groups is 1. The van der Waals surface area contributed by atoms with E-state index in [4.69, 9.17) is 10.9 Å². The minimum atomic E-state index is -3.95. The highest BCUT2D eigenvalue weighted by Crippen LogP contribution is 1.91. The van der Waals surface area contributed by atoms with Gasteiger partial charge < -0.3 is 15.7 Å². The molecule has 10 heteroatoms. The van der Waals surface area contributed by atoms with E-state index >= 15 is 0 Å². The zero-order chi connectivity index (χ0) is 14.2. The highest BCUT2D eigenvalue weighted by atomic mass is 32.2. The van der Waals surface area contributed by atoms with Crippen LogP contribution in [-0.4, -0.2) is 38.2 Å². The summed E-state index contributed by atoms with van der Waals surface area (Å²) in [4.78, 5) is 11.0. The lowest BCUT2D eigenvalue weighted by Crippen LogP contribution is -2.41. The van der Waals surface area contributed by atoms with Gasteiger partial charge in [0.2, 0.25) is 0 Å². The first-order valence-corrected chi connectivity index (χ1v) is 6.69. The summed E-state index contributed by atoms with van der Waals surface area (Å²) < 4.78 is 31.0. The number of ether oxygens (including phenoxy) is 1. The van der Waals surface area contributed by atoms with Gasteiger partial charge in [0.05, 0.1) is 6.10 Å². The summed E-state index contributed by atoms with van der Waals surface area (Å²) in [6, 6.07) is 0. The van der Waals surface area contributed by atoms with Crippen molar-refractivity contribution >= 4 is 22.1 Å². The predicted molar refractivity (Wildman–Crippen MR) is 64.3 cm³/mol. The summed E-state index contributed by atoms with van der Waals surface area (Å²) >= 11 is 0. The molecule has 0 aliphatic carbocycles. The van der Waals surface area contributed by atoms with Gasteiger partial charge in [0.1, 0.15) is 5.84 Å². The summed E-state index contributed by atoms with van der Waals surface area (Å²) in [7, 11) is -3.95. The molecule has 9 nitrogen and oxygen atoms in total. The van der Waals surface area contributed by atoms with Crippen molar-refractivity contribution in [3.63, 3.8) is 0 Å². The van der Waals surface area contributed by atoms with Crippen LogP contribution in [0, 0.1) is 0 Å². The Bertz CT molecular complexity index is 392. The van der Waals surface area contributed by atoms with Crippen LogP contribution >= 0.6 is 0 Å². The summed E-state index contributed by atoms with van der Waals surface area (Å²) in [5, 5.41) is 11.0. The quantitative estimate of drug-likeness (QED) is 0.163. The number of nitrogens with one attached hydrogen (secondary N) is 2. The van der Waals surface area contributed by atoms with Crippen molar-refractivity contribution in [3.05, 3.63) is 0 Å². The molecule has 0 saturated heterocycles. The van der Waals surface area contributed by atoms with Crippen molar-refractivity contribution in [2.45, 2.75) is 32.8 Å². The van der Waals surface area contributed by atoms with Gasteiger partial charge in [-0.1, -0.05) is 5.16 Å². The van der Waals surface area contributed by atoms with Gasteiger partial charge in [0, 0.05) is 13.0 Å². The summed E-state index contributed by atoms with van der Waals surface area (Å²) in [5.74, 6) is 0.00127. The van der Waals surface area contributed by atoms with Gasteiger partial charge in [0.15, 0.2) is 0 Å². The van der Waals surface area contributed by atoms with Crippen LogP contribution in [-0.2, 0) is 14.9 Å². The first-order chi connectivity index (χ1) is 8.26. The molecule has 0 aliphatic heterocycles. The molecule has 0 aromatic heterocycles. The minimum absolute atomic E-state index is 0.00127. The Hall–Kier alpha value is -1.55. The van der Waals surface area contributed by atoms with Crippen molar-refractivity contribution < 1.29 is 23.2 Å². The average molecular weight is 282 g/mol. The van der Waals surface area contributed by atoms with Crippen molar-refractivity contribution in [1.82, 2.24) is 9.44 Å². The van der Waals surface area contributed by atoms with Crippen LogP contribution in [0.15, 0.2) is 5.16 Å². The van der Waals surface area contributed by atoms with E-state index in [0.29, 0.717) is 6.42 Å². The Morgan fingerprint density at radius 3 is 2.61 bits per heavy atom. The van der Waals surface area contributed by atoms with Crippen LogP contribution in [0.4, 0.5) is 4.79 Å². The number of nitrogens with two attached hydrogens (primary N) is 1. The molecular weight excluding hydrogens is 264 g/mol. The van der Waals surface area contributed by atoms with E-state index < -0.39 is 22.4 Å². The smallest absolute Gasteiger partial charge is 0.422 e. The molecule has 0 aromatic carbocycles. The largest absolute Gasteiger partial charge is 0.446 e. The number of nitrogens with zero attached hydrogens (tertiary/aromatic N) is 1. The molecular formula is C8H18N4O5S. The summed E-state index contributed by atoms with van der Waals surface area (Å²) in [6.45, 7) is 3.23. The predicted octanol–water partition coefficient (Wildman–Crippen LogP) is -0.518. The molecule has 18 heavy (non-hydrogen) atoms. The fourth-order valence-corrected chi connectivity index (χ4v) is 1.66. The molecule has 0 spiro atoms. The normalized spacial score (nSPS) is 12.5. The molecule has 5 N–H and O–H groups in total. The Labute approximate surface area is 106 Å². The van der Waals surface area contributed by atoms with Crippen LogP contribution in [0.1, 0.15) is 26.7 Å². The van der Waals surface area contributed by atoms with E-state index in [0.717, 1.165) is 0 Å². The monoisotopic (exact) mass is 282 g/mol. The zero-order valence-corrected chi connectivity index (χ0v) is 11.0. The number of carbonyl (C=O) groups is 1. The van der Waals surface area contributed by atoms with E-state index in [-0.39, 0.29) is 18.8 Å². The van der Waals surface area contributed by atoms with Crippen molar-refractivity contribution in [2.75, 3.05) is 6.54 Å². The number of amides is 1. The van der Waals surface area contributed by atoms with Crippen LogP contribution in [0.3, 0.4) is 0 Å². The topological polar surface area (TPSA) is 143 Å².